The number of rotatable bonds is 1. The molecule has 0 bridgehead atoms. The standard InChI is InChI=1S/C3H7N2O.Rf/c1-2(4)3(5)6;/h2H,1,4H2,(H2,5,6);/q-1;. The van der Waals surface area contributed by atoms with Gasteiger partial charge in [-0.2, -0.15) is 0 Å². The minimum Gasteiger partial charge on any atom is -0.371 e. The Hall–Kier alpha value is -1.57. The molecule has 0 fully saturated rings. The molecular formula is C3H7N2ORf-. The van der Waals surface area contributed by atoms with Crippen LogP contribution in [0.3, 0.4) is 0 Å². The van der Waals surface area contributed by atoms with E-state index in [1.54, 1.807) is 0 Å². The summed E-state index contributed by atoms with van der Waals surface area (Å²) in [7, 11) is 0. The first kappa shape index (κ1) is 9.06. The van der Waals surface area contributed by atoms with E-state index in [9.17, 15) is 4.79 Å². The van der Waals surface area contributed by atoms with E-state index in [1.807, 2.05) is 0 Å². The summed E-state index contributed by atoms with van der Waals surface area (Å²) in [5.41, 5.74) is 9.46. The van der Waals surface area contributed by atoms with Gasteiger partial charge >= 0.3 is 0 Å². The molecule has 38 valence electrons. The zero-order valence-corrected chi connectivity index (χ0v) is 10.5. The molecule has 0 rings (SSSR count). The summed E-state index contributed by atoms with van der Waals surface area (Å²) in [5.74, 6) is -0.574. The Morgan fingerprint density at radius 2 is 1.86 bits per heavy atom. The maximum atomic E-state index is 9.73. The van der Waals surface area contributed by atoms with Crippen molar-refractivity contribution in [3.8, 4) is 0 Å². The van der Waals surface area contributed by atoms with Gasteiger partial charge in [0, 0.05) is 0 Å². The zero-order valence-electron chi connectivity index (χ0n) is 4.05. The van der Waals surface area contributed by atoms with E-state index in [-0.39, 0.29) is 0 Å². The normalized spacial score (nSPS) is 11.7. The number of amides is 1. The molecular weight excluding hydrogens is 347 g/mol. The Morgan fingerprint density at radius 1 is 1.71 bits per heavy atom. The third-order valence-corrected chi connectivity index (χ3v) is 0.365. The van der Waals surface area contributed by atoms with Crippen molar-refractivity contribution < 1.29 is 4.79 Å². The predicted molar refractivity (Wildman–Crippen MR) is 22.5 cm³/mol. The van der Waals surface area contributed by atoms with Crippen LogP contribution in [0.5, 0.6) is 0 Å². The maximum absolute atomic E-state index is 9.73. The monoisotopic (exact) mass is 354 g/mol. The van der Waals surface area contributed by atoms with Crippen LogP contribution in [0.4, 0.5) is 0 Å². The van der Waals surface area contributed by atoms with Crippen LogP contribution < -0.4 is 11.5 Å². The minimum absolute atomic E-state index is 0. The van der Waals surface area contributed by atoms with Crippen LogP contribution in [-0.2, 0) is 4.79 Å². The van der Waals surface area contributed by atoms with E-state index in [0.717, 1.165) is 0 Å². The van der Waals surface area contributed by atoms with Crippen molar-refractivity contribution in [3.63, 3.8) is 0 Å². The van der Waals surface area contributed by atoms with Crippen LogP contribution in [-0.4, -0.2) is 11.9 Å². The van der Waals surface area contributed by atoms with E-state index in [2.05, 4.69) is 12.7 Å². The molecule has 1 unspecified atom stereocenters. The largest absolute Gasteiger partial charge is 0.371 e. The van der Waals surface area contributed by atoms with Crippen molar-refractivity contribution in [2.24, 2.45) is 11.5 Å². The molecule has 7 heavy (non-hydrogen) atoms. The Labute approximate surface area is 36.3 Å². The van der Waals surface area contributed by atoms with Crippen LogP contribution in [0.25, 0.3) is 0 Å². The van der Waals surface area contributed by atoms with Crippen LogP contribution >= 0.6 is 0 Å². The van der Waals surface area contributed by atoms with Gasteiger partial charge < -0.3 is 18.4 Å². The number of nitrogens with two attached hydrogens (primary N) is 2. The summed E-state index contributed by atoms with van der Waals surface area (Å²) in [6.45, 7) is 3.14. The molecule has 0 radical (unpaired) electrons. The molecule has 0 aliphatic carbocycles. The van der Waals surface area contributed by atoms with Gasteiger partial charge in [0.25, 0.3) is 0 Å². The number of carbonyl (C=O) groups is 1. The molecule has 0 saturated carbocycles. The average Bonchev–Trinajstić information content (AvgIpc) is 1.36. The smallest absolute Gasteiger partial charge is 0.203 e. The van der Waals surface area contributed by atoms with E-state index < -0.39 is 11.9 Å². The third kappa shape index (κ3) is 4.43. The van der Waals surface area contributed by atoms with Crippen LogP contribution in [0, 0.1) is 6.92 Å². The van der Waals surface area contributed by atoms with Gasteiger partial charge in [-0.15, -0.1) is 0 Å². The van der Waals surface area contributed by atoms with E-state index in [4.69, 9.17) is 5.73 Å². The summed E-state index contributed by atoms with van der Waals surface area (Å²) < 4.78 is 0. The van der Waals surface area contributed by atoms with E-state index in [1.165, 1.54) is 0 Å². The summed E-state index contributed by atoms with van der Waals surface area (Å²) in [5, 5.41) is 0. The third-order valence-electron chi connectivity index (χ3n) is 0.365. The zero-order chi connectivity index (χ0) is 5.15. The van der Waals surface area contributed by atoms with E-state index in [0.29, 0.717) is 0 Å². The molecule has 0 heterocycles. The van der Waals surface area contributed by atoms with Gasteiger partial charge in [0.15, 0.2) is 0 Å². The minimum atomic E-state index is -0.759. The second-order valence-electron chi connectivity index (χ2n) is 1.01. The molecule has 4 N–H and O–H groups in total. The number of hydrogen-bond acceptors (Lipinski definition) is 2. The molecule has 3 nitrogen and oxygen atoms in total. The Bertz CT molecular complexity index is 64.0. The first-order valence-electron chi connectivity index (χ1n) is 1.52. The second kappa shape index (κ2) is 2.66. The van der Waals surface area contributed by atoms with Crippen molar-refractivity contribution in [2.45, 2.75) is 6.04 Å². The quantitative estimate of drug-likeness (QED) is 0.571. The number of primary amides is 1. The van der Waals surface area contributed by atoms with Gasteiger partial charge in [-0.05, 0) is 6.04 Å². The fraction of sp³-hybridized carbons (Fsp3) is 0.333. The molecule has 0 aliphatic heterocycles. The van der Waals surface area contributed by atoms with Gasteiger partial charge in [-0.3, -0.25) is 4.79 Å². The summed E-state index contributed by atoms with van der Waals surface area (Å²) >= 11 is 0. The van der Waals surface area contributed by atoms with E-state index >= 15 is 0 Å². The molecule has 0 aromatic rings. The first-order valence-corrected chi connectivity index (χ1v) is 1.52. The van der Waals surface area contributed by atoms with Gasteiger partial charge in [0.1, 0.15) is 0 Å². The molecule has 0 saturated heterocycles. The average molecular weight is 354 g/mol. The molecule has 0 aromatic carbocycles. The number of carbonyl (C=O) groups excluding carboxylic acids is 1. The van der Waals surface area contributed by atoms with Gasteiger partial charge in [-0.1, -0.05) is 0 Å². The Balaban J connectivity index is 0. The number of hydrogen-bond donors (Lipinski definition) is 2. The molecule has 0 spiro atoms. The maximum Gasteiger partial charge on any atom is 0.203 e. The van der Waals surface area contributed by atoms with Gasteiger partial charge in [-0.25, -0.2) is 0 Å². The molecule has 1 amide bonds. The van der Waals surface area contributed by atoms with Crippen molar-refractivity contribution in [1.29, 1.82) is 0 Å². The first-order chi connectivity index (χ1) is 2.64. The van der Waals surface area contributed by atoms with Crippen molar-refractivity contribution >= 4 is 5.91 Å². The Kier molecular flexibility index (Phi) is 3.44. The fourth-order valence-corrected chi connectivity index (χ4v) is 0. The topological polar surface area (TPSA) is 69.1 Å². The fourth-order valence-electron chi connectivity index (χ4n) is 0. The van der Waals surface area contributed by atoms with Crippen LogP contribution in [0.1, 0.15) is 0 Å². The van der Waals surface area contributed by atoms with Gasteiger partial charge in [0.2, 0.25) is 5.91 Å². The predicted octanol–water partition coefficient (Wildman–Crippen LogP) is -1.37. The molecule has 4 heteroatoms. The van der Waals surface area contributed by atoms with Crippen molar-refractivity contribution in [3.05, 3.63) is 6.92 Å². The van der Waals surface area contributed by atoms with Crippen molar-refractivity contribution in [2.75, 3.05) is 0 Å². The van der Waals surface area contributed by atoms with Crippen LogP contribution in [0.15, 0.2) is 0 Å². The SMILES string of the molecule is [CH2-]C(N)C(N)=O.[Rf]. The molecule has 0 aliphatic rings. The summed E-state index contributed by atoms with van der Waals surface area (Å²) in [4.78, 5) is 9.73. The van der Waals surface area contributed by atoms with Crippen LogP contribution in [0.2, 0.25) is 0 Å². The molecule has 1 atom stereocenters. The van der Waals surface area contributed by atoms with Crippen molar-refractivity contribution in [1.82, 2.24) is 0 Å². The van der Waals surface area contributed by atoms with Gasteiger partial charge in [0.05, 0.1) is 0 Å². The molecule has 0 aromatic heterocycles. The second-order valence-corrected chi connectivity index (χ2v) is 1.01. The summed E-state index contributed by atoms with van der Waals surface area (Å²) in [6.07, 6.45) is 0. The Morgan fingerprint density at radius 3 is 1.86 bits per heavy atom. The summed E-state index contributed by atoms with van der Waals surface area (Å²) in [6, 6.07) is -0.759.